The highest BCUT2D eigenvalue weighted by Gasteiger charge is 2.07. The van der Waals surface area contributed by atoms with E-state index in [1.54, 1.807) is 17.5 Å². The second kappa shape index (κ2) is 5.23. The van der Waals surface area contributed by atoms with Crippen LogP contribution in [0.15, 0.2) is 17.9 Å². The van der Waals surface area contributed by atoms with Crippen LogP contribution in [0.4, 0.5) is 5.82 Å². The van der Waals surface area contributed by atoms with E-state index in [2.05, 4.69) is 20.3 Å². The Kier molecular flexibility index (Phi) is 3.69. The van der Waals surface area contributed by atoms with Crippen molar-refractivity contribution < 1.29 is 0 Å². The largest absolute Gasteiger partial charge is 0.363 e. The van der Waals surface area contributed by atoms with Gasteiger partial charge in [-0.25, -0.2) is 15.0 Å². The third-order valence-corrected chi connectivity index (χ3v) is 3.24. The lowest BCUT2D eigenvalue weighted by molar-refractivity contribution is 1.00. The molecule has 0 aliphatic heterocycles. The van der Waals surface area contributed by atoms with Gasteiger partial charge >= 0.3 is 0 Å². The van der Waals surface area contributed by atoms with Gasteiger partial charge in [-0.1, -0.05) is 18.5 Å². The van der Waals surface area contributed by atoms with E-state index in [-0.39, 0.29) is 0 Å². The first-order valence-corrected chi connectivity index (χ1v) is 6.18. The summed E-state index contributed by atoms with van der Waals surface area (Å²) in [6.07, 6.45) is 4.06. The van der Waals surface area contributed by atoms with Crippen LogP contribution in [0.3, 0.4) is 0 Å². The minimum atomic E-state index is 0.513. The first-order valence-electron chi connectivity index (χ1n) is 4.93. The third kappa shape index (κ3) is 2.48. The molecule has 6 heteroatoms. The van der Waals surface area contributed by atoms with E-state index in [0.717, 1.165) is 22.8 Å². The van der Waals surface area contributed by atoms with Crippen molar-refractivity contribution in [1.82, 2.24) is 15.0 Å². The van der Waals surface area contributed by atoms with Crippen LogP contribution in [-0.4, -0.2) is 15.0 Å². The second-order valence-electron chi connectivity index (χ2n) is 3.12. The molecule has 0 fully saturated rings. The van der Waals surface area contributed by atoms with E-state index in [1.807, 2.05) is 12.3 Å². The second-order valence-corrected chi connectivity index (χ2v) is 4.46. The minimum Gasteiger partial charge on any atom is -0.363 e. The normalized spacial score (nSPS) is 10.4. The fraction of sp³-hybridized carbons (Fsp3) is 0.300. The van der Waals surface area contributed by atoms with Crippen LogP contribution < -0.4 is 5.32 Å². The first kappa shape index (κ1) is 11.3. The van der Waals surface area contributed by atoms with E-state index in [9.17, 15) is 0 Å². The van der Waals surface area contributed by atoms with Crippen LogP contribution in [-0.2, 0) is 13.0 Å². The van der Waals surface area contributed by atoms with Gasteiger partial charge in [-0.05, 0) is 6.42 Å². The summed E-state index contributed by atoms with van der Waals surface area (Å²) in [4.78, 5) is 12.3. The molecule has 4 nitrogen and oxygen atoms in total. The van der Waals surface area contributed by atoms with Gasteiger partial charge < -0.3 is 5.32 Å². The summed E-state index contributed by atoms with van der Waals surface area (Å²) in [5.41, 5.74) is 0.945. The smallest absolute Gasteiger partial charge is 0.137 e. The van der Waals surface area contributed by atoms with E-state index in [1.165, 1.54) is 6.33 Å². The molecule has 0 aliphatic rings. The number of aromatic nitrogens is 3. The zero-order chi connectivity index (χ0) is 11.4. The number of halogens is 1. The molecule has 0 aliphatic carbocycles. The Morgan fingerprint density at radius 2 is 2.25 bits per heavy atom. The lowest BCUT2D eigenvalue weighted by Crippen LogP contribution is -2.05. The van der Waals surface area contributed by atoms with Crippen LogP contribution in [0.25, 0.3) is 0 Å². The molecule has 84 valence electrons. The summed E-state index contributed by atoms with van der Waals surface area (Å²) < 4.78 is 0. The molecular weight excluding hydrogens is 244 g/mol. The molecule has 2 aromatic heterocycles. The van der Waals surface area contributed by atoms with Crippen LogP contribution in [0, 0.1) is 0 Å². The molecule has 0 unspecified atom stereocenters. The quantitative estimate of drug-likeness (QED) is 0.853. The van der Waals surface area contributed by atoms with Gasteiger partial charge in [0.2, 0.25) is 0 Å². The molecule has 2 rings (SSSR count). The Labute approximate surface area is 103 Å². The van der Waals surface area contributed by atoms with Crippen molar-refractivity contribution in [1.29, 1.82) is 0 Å². The highest BCUT2D eigenvalue weighted by Crippen LogP contribution is 2.20. The SMILES string of the molecule is CCc1c(Cl)ncnc1NCc1nccs1. The molecule has 0 atom stereocenters. The van der Waals surface area contributed by atoms with Crippen molar-refractivity contribution in [3.8, 4) is 0 Å². The Hall–Kier alpha value is -1.20. The molecule has 16 heavy (non-hydrogen) atoms. The lowest BCUT2D eigenvalue weighted by atomic mass is 10.2. The van der Waals surface area contributed by atoms with Crippen LogP contribution in [0.1, 0.15) is 17.5 Å². The molecule has 2 heterocycles. The van der Waals surface area contributed by atoms with Gasteiger partial charge in [0.1, 0.15) is 22.3 Å². The Balaban J connectivity index is 2.12. The standard InChI is InChI=1S/C10H11ClN4S/c1-2-7-9(11)14-6-15-10(7)13-5-8-12-3-4-16-8/h3-4,6H,2,5H2,1H3,(H,13,14,15). The van der Waals surface area contributed by atoms with E-state index >= 15 is 0 Å². The van der Waals surface area contributed by atoms with E-state index in [0.29, 0.717) is 11.7 Å². The van der Waals surface area contributed by atoms with Gasteiger partial charge in [0.05, 0.1) is 6.54 Å². The fourth-order valence-electron chi connectivity index (χ4n) is 1.36. The number of nitrogens with zero attached hydrogens (tertiary/aromatic N) is 3. The molecule has 0 amide bonds. The number of hydrogen-bond acceptors (Lipinski definition) is 5. The summed E-state index contributed by atoms with van der Waals surface area (Å²) in [6.45, 7) is 2.69. The third-order valence-electron chi connectivity index (χ3n) is 2.14. The molecule has 0 spiro atoms. The maximum Gasteiger partial charge on any atom is 0.137 e. The Bertz CT molecular complexity index is 458. The minimum absolute atomic E-state index is 0.513. The van der Waals surface area contributed by atoms with Crippen molar-refractivity contribution in [2.75, 3.05) is 5.32 Å². The highest BCUT2D eigenvalue weighted by molar-refractivity contribution is 7.09. The van der Waals surface area contributed by atoms with E-state index < -0.39 is 0 Å². The van der Waals surface area contributed by atoms with Gasteiger partial charge in [0, 0.05) is 17.1 Å². The van der Waals surface area contributed by atoms with Gasteiger partial charge in [-0.2, -0.15) is 0 Å². The molecule has 0 saturated heterocycles. The van der Waals surface area contributed by atoms with Crippen LogP contribution in [0.2, 0.25) is 5.15 Å². The average molecular weight is 255 g/mol. The first-order chi connectivity index (χ1) is 7.81. The van der Waals surface area contributed by atoms with Crippen molar-refractivity contribution >= 4 is 28.8 Å². The maximum absolute atomic E-state index is 5.99. The van der Waals surface area contributed by atoms with Gasteiger partial charge in [-0.3, -0.25) is 0 Å². The number of anilines is 1. The Morgan fingerprint density at radius 3 is 2.94 bits per heavy atom. The maximum atomic E-state index is 5.99. The molecule has 0 saturated carbocycles. The predicted molar refractivity (Wildman–Crippen MR) is 65.9 cm³/mol. The van der Waals surface area contributed by atoms with E-state index in [4.69, 9.17) is 11.6 Å². The van der Waals surface area contributed by atoms with Crippen molar-refractivity contribution in [3.63, 3.8) is 0 Å². The summed E-state index contributed by atoms with van der Waals surface area (Å²) >= 11 is 7.60. The summed E-state index contributed by atoms with van der Waals surface area (Å²) in [5.74, 6) is 0.790. The number of nitrogens with one attached hydrogen (secondary N) is 1. The number of thiazole rings is 1. The summed E-state index contributed by atoms with van der Waals surface area (Å²) in [7, 11) is 0. The number of hydrogen-bond donors (Lipinski definition) is 1. The zero-order valence-electron chi connectivity index (χ0n) is 8.77. The predicted octanol–water partition coefficient (Wildman–Crippen LogP) is 2.76. The van der Waals surface area contributed by atoms with Crippen molar-refractivity contribution in [2.45, 2.75) is 19.9 Å². The number of rotatable bonds is 4. The lowest BCUT2D eigenvalue weighted by Gasteiger charge is -2.08. The molecule has 0 aromatic carbocycles. The van der Waals surface area contributed by atoms with Crippen LogP contribution >= 0.6 is 22.9 Å². The van der Waals surface area contributed by atoms with Crippen molar-refractivity contribution in [3.05, 3.63) is 33.6 Å². The highest BCUT2D eigenvalue weighted by atomic mass is 35.5. The summed E-state index contributed by atoms with van der Waals surface area (Å²) in [6, 6.07) is 0. The molecule has 0 radical (unpaired) electrons. The molecular formula is C10H11ClN4S. The average Bonchev–Trinajstić information content (AvgIpc) is 2.79. The van der Waals surface area contributed by atoms with Gasteiger partial charge in [0.15, 0.2) is 0 Å². The fourth-order valence-corrected chi connectivity index (χ4v) is 2.18. The zero-order valence-corrected chi connectivity index (χ0v) is 10.3. The van der Waals surface area contributed by atoms with Crippen LogP contribution in [0.5, 0.6) is 0 Å². The van der Waals surface area contributed by atoms with Gasteiger partial charge in [-0.15, -0.1) is 11.3 Å². The summed E-state index contributed by atoms with van der Waals surface area (Å²) in [5, 5.41) is 6.71. The molecule has 1 N–H and O–H groups in total. The van der Waals surface area contributed by atoms with Gasteiger partial charge in [0.25, 0.3) is 0 Å². The van der Waals surface area contributed by atoms with Crippen molar-refractivity contribution in [2.24, 2.45) is 0 Å². The molecule has 2 aromatic rings. The molecule has 0 bridgehead atoms. The monoisotopic (exact) mass is 254 g/mol. The Morgan fingerprint density at radius 1 is 1.38 bits per heavy atom. The topological polar surface area (TPSA) is 50.7 Å².